The molecule has 1 amide bonds. The molecule has 1 unspecified atom stereocenters. The van der Waals surface area contributed by atoms with Crippen LogP contribution in [-0.2, 0) is 17.4 Å². The number of benzene rings is 1. The Bertz CT molecular complexity index is 525. The van der Waals surface area contributed by atoms with Crippen LogP contribution in [0.1, 0.15) is 44.2 Å². The minimum Gasteiger partial charge on any atom is -0.339 e. The molecule has 5 heteroatoms. The van der Waals surface area contributed by atoms with Crippen molar-refractivity contribution in [1.82, 2.24) is 4.90 Å². The normalized spacial score (nSPS) is 19.5. The van der Waals surface area contributed by atoms with Crippen molar-refractivity contribution < 1.29 is 18.0 Å². The van der Waals surface area contributed by atoms with Crippen LogP contribution < -0.4 is 0 Å². The molecule has 22 heavy (non-hydrogen) atoms. The summed E-state index contributed by atoms with van der Waals surface area (Å²) >= 11 is 0. The highest BCUT2D eigenvalue weighted by atomic mass is 19.4. The van der Waals surface area contributed by atoms with E-state index >= 15 is 0 Å². The van der Waals surface area contributed by atoms with E-state index in [4.69, 9.17) is 0 Å². The summed E-state index contributed by atoms with van der Waals surface area (Å²) in [5.41, 5.74) is -0.273. The summed E-state index contributed by atoms with van der Waals surface area (Å²) in [6, 6.07) is 5.26. The van der Waals surface area contributed by atoms with Crippen LogP contribution in [0.4, 0.5) is 13.2 Å². The highest BCUT2D eigenvalue weighted by molar-refractivity contribution is 5.79. The van der Waals surface area contributed by atoms with Gasteiger partial charge < -0.3 is 4.90 Å². The number of hydrogen-bond acceptors (Lipinski definition) is 1. The Morgan fingerprint density at radius 1 is 1.32 bits per heavy atom. The summed E-state index contributed by atoms with van der Waals surface area (Å²) in [5.74, 6) is 0.295. The van der Waals surface area contributed by atoms with Gasteiger partial charge in [-0.05, 0) is 36.8 Å². The molecule has 0 saturated carbocycles. The van der Waals surface area contributed by atoms with Gasteiger partial charge in [-0.15, -0.1) is 0 Å². The number of nitrogens with zero attached hydrogens (tertiary/aromatic N) is 1. The monoisotopic (exact) mass is 313 g/mol. The van der Waals surface area contributed by atoms with Gasteiger partial charge in [0.2, 0.25) is 5.91 Å². The van der Waals surface area contributed by atoms with Gasteiger partial charge in [0.25, 0.3) is 0 Å². The van der Waals surface area contributed by atoms with Crippen LogP contribution in [0.5, 0.6) is 0 Å². The molecule has 0 aliphatic carbocycles. The van der Waals surface area contributed by atoms with E-state index in [-0.39, 0.29) is 18.4 Å². The minimum absolute atomic E-state index is 0.0349. The summed E-state index contributed by atoms with van der Waals surface area (Å²) in [5, 5.41) is 0. The molecule has 1 heterocycles. The fourth-order valence-corrected chi connectivity index (χ4v) is 3.09. The number of carbonyl (C=O) groups is 1. The van der Waals surface area contributed by atoms with Crippen molar-refractivity contribution in [2.45, 2.75) is 51.7 Å². The standard InChI is InChI=1S/C17H22F3NO/c1-12(2)15-8-3-4-9-21(15)16(22)11-13-6-5-7-14(10-13)17(18,19)20/h5-7,10,12,15H,3-4,8-9,11H2,1-2H3. The van der Waals surface area contributed by atoms with Gasteiger partial charge in [-0.25, -0.2) is 0 Å². The molecular formula is C17H22F3NO. The van der Waals surface area contributed by atoms with Gasteiger partial charge in [-0.2, -0.15) is 13.2 Å². The first-order chi connectivity index (χ1) is 10.3. The van der Waals surface area contributed by atoms with Gasteiger partial charge in [-0.3, -0.25) is 4.79 Å². The molecule has 2 nitrogen and oxygen atoms in total. The van der Waals surface area contributed by atoms with Crippen LogP contribution >= 0.6 is 0 Å². The lowest BCUT2D eigenvalue weighted by atomic mass is 9.92. The molecule has 0 aromatic heterocycles. The Balaban J connectivity index is 2.11. The van der Waals surface area contributed by atoms with E-state index in [9.17, 15) is 18.0 Å². The van der Waals surface area contributed by atoms with E-state index in [1.54, 1.807) is 6.07 Å². The first-order valence-corrected chi connectivity index (χ1v) is 7.74. The number of halogens is 3. The molecule has 2 rings (SSSR count). The molecule has 1 aromatic rings. The zero-order valence-corrected chi connectivity index (χ0v) is 13.0. The quantitative estimate of drug-likeness (QED) is 0.815. The van der Waals surface area contributed by atoms with E-state index in [1.807, 2.05) is 4.90 Å². The van der Waals surface area contributed by atoms with Crippen molar-refractivity contribution in [3.05, 3.63) is 35.4 Å². The van der Waals surface area contributed by atoms with Gasteiger partial charge in [0.05, 0.1) is 12.0 Å². The topological polar surface area (TPSA) is 20.3 Å². The second kappa shape index (κ2) is 6.71. The van der Waals surface area contributed by atoms with Gasteiger partial charge in [0.1, 0.15) is 0 Å². The Labute approximate surface area is 129 Å². The molecule has 1 aliphatic heterocycles. The molecule has 0 N–H and O–H groups in total. The molecule has 0 radical (unpaired) electrons. The highest BCUT2D eigenvalue weighted by Crippen LogP contribution is 2.30. The second-order valence-corrected chi connectivity index (χ2v) is 6.27. The zero-order valence-electron chi connectivity index (χ0n) is 13.0. The van der Waals surface area contributed by atoms with Gasteiger partial charge in [-0.1, -0.05) is 32.0 Å². The van der Waals surface area contributed by atoms with E-state index < -0.39 is 11.7 Å². The third-order valence-corrected chi connectivity index (χ3v) is 4.25. The second-order valence-electron chi connectivity index (χ2n) is 6.27. The van der Waals surface area contributed by atoms with E-state index in [0.717, 1.165) is 31.4 Å². The smallest absolute Gasteiger partial charge is 0.339 e. The molecule has 0 spiro atoms. The number of alkyl halides is 3. The number of piperidine rings is 1. The van der Waals surface area contributed by atoms with Crippen molar-refractivity contribution >= 4 is 5.91 Å². The van der Waals surface area contributed by atoms with Crippen LogP contribution in [0, 0.1) is 5.92 Å². The fraction of sp³-hybridized carbons (Fsp3) is 0.588. The lowest BCUT2D eigenvalue weighted by Gasteiger charge is -2.38. The molecule has 0 bridgehead atoms. The molecule has 1 aromatic carbocycles. The molecular weight excluding hydrogens is 291 g/mol. The van der Waals surface area contributed by atoms with Crippen molar-refractivity contribution in [1.29, 1.82) is 0 Å². The molecule has 122 valence electrons. The van der Waals surface area contributed by atoms with Crippen molar-refractivity contribution in [3.8, 4) is 0 Å². The predicted molar refractivity (Wildman–Crippen MR) is 79.3 cm³/mol. The van der Waals surface area contributed by atoms with Gasteiger partial charge in [0, 0.05) is 12.6 Å². The third kappa shape index (κ3) is 4.02. The summed E-state index contributed by atoms with van der Waals surface area (Å²) in [7, 11) is 0. The van der Waals surface area contributed by atoms with Crippen LogP contribution in [0.2, 0.25) is 0 Å². The maximum Gasteiger partial charge on any atom is 0.416 e. The van der Waals surface area contributed by atoms with Crippen LogP contribution in [0.25, 0.3) is 0 Å². The maximum atomic E-state index is 12.7. The predicted octanol–water partition coefficient (Wildman–Crippen LogP) is 4.29. The number of hydrogen-bond donors (Lipinski definition) is 0. The lowest BCUT2D eigenvalue weighted by molar-refractivity contribution is -0.138. The average Bonchev–Trinajstić information content (AvgIpc) is 2.46. The van der Waals surface area contributed by atoms with Crippen LogP contribution in [0.3, 0.4) is 0 Å². The summed E-state index contributed by atoms with van der Waals surface area (Å²) in [6.45, 7) is 4.88. The summed E-state index contributed by atoms with van der Waals surface area (Å²) in [6.07, 6.45) is -1.28. The molecule has 1 saturated heterocycles. The number of carbonyl (C=O) groups excluding carboxylic acids is 1. The highest BCUT2D eigenvalue weighted by Gasteiger charge is 2.31. The molecule has 1 aliphatic rings. The molecule has 1 fully saturated rings. The van der Waals surface area contributed by atoms with Crippen molar-refractivity contribution in [3.63, 3.8) is 0 Å². The first kappa shape index (κ1) is 16.8. The van der Waals surface area contributed by atoms with E-state index in [1.165, 1.54) is 6.07 Å². The third-order valence-electron chi connectivity index (χ3n) is 4.25. The van der Waals surface area contributed by atoms with Crippen molar-refractivity contribution in [2.75, 3.05) is 6.54 Å². The van der Waals surface area contributed by atoms with Crippen LogP contribution in [0.15, 0.2) is 24.3 Å². The largest absolute Gasteiger partial charge is 0.416 e. The lowest BCUT2D eigenvalue weighted by Crippen LogP contribution is -2.47. The van der Waals surface area contributed by atoms with Crippen molar-refractivity contribution in [2.24, 2.45) is 5.92 Å². The average molecular weight is 313 g/mol. The number of likely N-dealkylation sites (tertiary alicyclic amines) is 1. The van der Waals surface area contributed by atoms with Gasteiger partial charge in [0.15, 0.2) is 0 Å². The minimum atomic E-state index is -4.37. The molecule has 1 atom stereocenters. The zero-order chi connectivity index (χ0) is 16.3. The SMILES string of the molecule is CC(C)C1CCCCN1C(=O)Cc1cccc(C(F)(F)F)c1. The maximum absolute atomic E-state index is 12.7. The Kier molecular flexibility index (Phi) is 5.14. The first-order valence-electron chi connectivity index (χ1n) is 7.74. The van der Waals surface area contributed by atoms with Crippen LogP contribution in [-0.4, -0.2) is 23.4 Å². The summed E-state index contributed by atoms with van der Waals surface area (Å²) < 4.78 is 38.2. The van der Waals surface area contributed by atoms with Gasteiger partial charge >= 0.3 is 6.18 Å². The van der Waals surface area contributed by atoms with E-state index in [0.29, 0.717) is 18.0 Å². The Morgan fingerprint density at radius 3 is 2.68 bits per heavy atom. The number of amides is 1. The Hall–Kier alpha value is -1.52. The summed E-state index contributed by atoms with van der Waals surface area (Å²) in [4.78, 5) is 14.3. The fourth-order valence-electron chi connectivity index (χ4n) is 3.09. The Morgan fingerprint density at radius 2 is 2.05 bits per heavy atom. The number of rotatable bonds is 3. The van der Waals surface area contributed by atoms with E-state index in [2.05, 4.69) is 13.8 Å².